The summed E-state index contributed by atoms with van der Waals surface area (Å²) in [5.41, 5.74) is 0.398. The zero-order valence-electron chi connectivity index (χ0n) is 12.4. The molecule has 0 heterocycles. The van der Waals surface area contributed by atoms with E-state index in [1.54, 1.807) is 24.3 Å². The molecule has 0 aliphatic rings. The smallest absolute Gasteiger partial charge is 0.257 e. The summed E-state index contributed by atoms with van der Waals surface area (Å²) in [6, 6.07) is 7.00. The second kappa shape index (κ2) is 7.17. The Morgan fingerprint density at radius 2 is 1.79 bits per heavy atom. The van der Waals surface area contributed by atoms with Gasteiger partial charge in [0, 0.05) is 12.6 Å². The van der Waals surface area contributed by atoms with Gasteiger partial charge in [-0.1, -0.05) is 39.8 Å². The van der Waals surface area contributed by atoms with Crippen LogP contribution in [0.15, 0.2) is 24.3 Å². The molecule has 0 unspecified atom stereocenters. The van der Waals surface area contributed by atoms with Crippen LogP contribution < -0.4 is 0 Å². The molecule has 1 aromatic rings. The summed E-state index contributed by atoms with van der Waals surface area (Å²) in [6.07, 6.45) is 1.87. The normalized spacial score (nSPS) is 11.1. The highest BCUT2D eigenvalue weighted by Crippen LogP contribution is 2.21. The van der Waals surface area contributed by atoms with Crippen LogP contribution in [0.1, 0.15) is 50.9 Å². The predicted octanol–water partition coefficient (Wildman–Crippen LogP) is 3.68. The van der Waals surface area contributed by atoms with Crippen LogP contribution in [0, 0.1) is 5.92 Å². The quantitative estimate of drug-likeness (QED) is 0.850. The third kappa shape index (κ3) is 3.98. The van der Waals surface area contributed by atoms with Crippen LogP contribution in [0.25, 0.3) is 0 Å². The van der Waals surface area contributed by atoms with Gasteiger partial charge in [-0.2, -0.15) is 0 Å². The maximum Gasteiger partial charge on any atom is 0.257 e. The number of carbonyl (C=O) groups is 1. The van der Waals surface area contributed by atoms with E-state index in [1.165, 1.54) is 0 Å². The summed E-state index contributed by atoms with van der Waals surface area (Å²) in [6.45, 7) is 9.12. The molecule has 0 spiro atoms. The maximum absolute atomic E-state index is 12.6. The molecular formula is C16H25NO2. The molecule has 0 atom stereocenters. The highest BCUT2D eigenvalue weighted by Gasteiger charge is 2.24. The highest BCUT2D eigenvalue weighted by atomic mass is 16.3. The van der Waals surface area contributed by atoms with E-state index < -0.39 is 0 Å². The van der Waals surface area contributed by atoms with Gasteiger partial charge in [0.2, 0.25) is 0 Å². The van der Waals surface area contributed by atoms with E-state index in [0.29, 0.717) is 11.5 Å². The van der Waals surface area contributed by atoms with Gasteiger partial charge in [-0.3, -0.25) is 4.79 Å². The van der Waals surface area contributed by atoms with Crippen molar-refractivity contribution in [3.8, 4) is 5.75 Å². The Morgan fingerprint density at radius 1 is 1.21 bits per heavy atom. The summed E-state index contributed by atoms with van der Waals surface area (Å²) in [5, 5.41) is 9.84. The Morgan fingerprint density at radius 3 is 2.26 bits per heavy atom. The van der Waals surface area contributed by atoms with Crippen molar-refractivity contribution in [1.82, 2.24) is 4.90 Å². The number of hydrogen-bond donors (Lipinski definition) is 1. The number of hydrogen-bond acceptors (Lipinski definition) is 2. The topological polar surface area (TPSA) is 40.5 Å². The molecule has 3 nitrogen and oxygen atoms in total. The SMILES string of the molecule is CCC(CC)N(CC(C)C)C(=O)c1ccccc1O. The second-order valence-corrected chi connectivity index (χ2v) is 5.34. The van der Waals surface area contributed by atoms with Gasteiger partial charge in [-0.15, -0.1) is 0 Å². The zero-order chi connectivity index (χ0) is 14.4. The molecule has 1 amide bonds. The number of phenols is 1. The lowest BCUT2D eigenvalue weighted by atomic mass is 10.0. The molecule has 106 valence electrons. The van der Waals surface area contributed by atoms with E-state index in [4.69, 9.17) is 0 Å². The summed E-state index contributed by atoms with van der Waals surface area (Å²) in [5.74, 6) is 0.406. The Bertz CT molecular complexity index is 411. The number of benzene rings is 1. The minimum absolute atomic E-state index is 0.0622. The highest BCUT2D eigenvalue weighted by molar-refractivity contribution is 5.97. The van der Waals surface area contributed by atoms with Gasteiger partial charge in [-0.25, -0.2) is 0 Å². The van der Waals surface area contributed by atoms with Crippen LogP contribution in [0.2, 0.25) is 0 Å². The number of para-hydroxylation sites is 1. The predicted molar refractivity (Wildman–Crippen MR) is 78.4 cm³/mol. The van der Waals surface area contributed by atoms with Gasteiger partial charge in [0.15, 0.2) is 0 Å². The molecule has 1 rings (SSSR count). The third-order valence-corrected chi connectivity index (χ3v) is 3.34. The fraction of sp³-hybridized carbons (Fsp3) is 0.562. The second-order valence-electron chi connectivity index (χ2n) is 5.34. The Kier molecular flexibility index (Phi) is 5.87. The van der Waals surface area contributed by atoms with Crippen LogP contribution in [-0.2, 0) is 0 Å². The molecule has 0 saturated heterocycles. The van der Waals surface area contributed by atoms with Gasteiger partial charge < -0.3 is 10.0 Å². The average Bonchev–Trinajstić information content (AvgIpc) is 2.38. The van der Waals surface area contributed by atoms with E-state index >= 15 is 0 Å². The molecular weight excluding hydrogens is 238 g/mol. The number of nitrogens with zero attached hydrogens (tertiary/aromatic N) is 1. The van der Waals surface area contributed by atoms with Crippen LogP contribution >= 0.6 is 0 Å². The molecule has 0 saturated carbocycles. The summed E-state index contributed by atoms with van der Waals surface area (Å²) >= 11 is 0. The minimum Gasteiger partial charge on any atom is -0.507 e. The first-order chi connectivity index (χ1) is 9.01. The summed E-state index contributed by atoms with van der Waals surface area (Å²) < 4.78 is 0. The lowest BCUT2D eigenvalue weighted by Gasteiger charge is -2.32. The van der Waals surface area contributed by atoms with Crippen molar-refractivity contribution >= 4 is 5.91 Å². The van der Waals surface area contributed by atoms with Crippen molar-refractivity contribution in [2.75, 3.05) is 6.54 Å². The van der Waals surface area contributed by atoms with Crippen molar-refractivity contribution in [2.45, 2.75) is 46.6 Å². The summed E-state index contributed by atoms with van der Waals surface area (Å²) in [7, 11) is 0. The van der Waals surface area contributed by atoms with Crippen molar-refractivity contribution in [3.63, 3.8) is 0 Å². The fourth-order valence-electron chi connectivity index (χ4n) is 2.33. The number of phenolic OH excluding ortho intramolecular Hbond substituents is 1. The van der Waals surface area contributed by atoms with E-state index in [0.717, 1.165) is 19.4 Å². The largest absolute Gasteiger partial charge is 0.507 e. The zero-order valence-corrected chi connectivity index (χ0v) is 12.4. The van der Waals surface area contributed by atoms with Gasteiger partial charge in [0.25, 0.3) is 5.91 Å². The summed E-state index contributed by atoms with van der Waals surface area (Å²) in [4.78, 5) is 14.5. The molecule has 1 N–H and O–H groups in total. The van der Waals surface area contributed by atoms with Crippen LogP contribution in [0.4, 0.5) is 0 Å². The first kappa shape index (κ1) is 15.5. The first-order valence-corrected chi connectivity index (χ1v) is 7.10. The van der Waals surface area contributed by atoms with Crippen molar-refractivity contribution < 1.29 is 9.90 Å². The van der Waals surface area contributed by atoms with Crippen LogP contribution in [0.3, 0.4) is 0 Å². The van der Waals surface area contributed by atoms with Crippen molar-refractivity contribution in [2.24, 2.45) is 5.92 Å². The Labute approximate surface area is 116 Å². The third-order valence-electron chi connectivity index (χ3n) is 3.34. The van der Waals surface area contributed by atoms with E-state index in [2.05, 4.69) is 27.7 Å². The molecule has 0 radical (unpaired) electrons. The van der Waals surface area contributed by atoms with Crippen LogP contribution in [-0.4, -0.2) is 28.5 Å². The van der Waals surface area contributed by atoms with Crippen molar-refractivity contribution in [1.29, 1.82) is 0 Å². The molecule has 0 aromatic heterocycles. The molecule has 0 aliphatic carbocycles. The van der Waals surface area contributed by atoms with Gasteiger partial charge >= 0.3 is 0 Å². The molecule has 0 fully saturated rings. The van der Waals surface area contributed by atoms with Gasteiger partial charge in [0.1, 0.15) is 5.75 Å². The Balaban J connectivity index is 3.03. The Hall–Kier alpha value is -1.51. The number of amides is 1. The fourth-order valence-corrected chi connectivity index (χ4v) is 2.33. The van der Waals surface area contributed by atoms with Gasteiger partial charge in [0.05, 0.1) is 5.56 Å². The first-order valence-electron chi connectivity index (χ1n) is 7.10. The lowest BCUT2D eigenvalue weighted by molar-refractivity contribution is 0.0637. The maximum atomic E-state index is 12.6. The van der Waals surface area contributed by atoms with E-state index in [9.17, 15) is 9.90 Å². The molecule has 19 heavy (non-hydrogen) atoms. The molecule has 3 heteroatoms. The minimum atomic E-state index is -0.0690. The number of rotatable bonds is 6. The van der Waals surface area contributed by atoms with E-state index in [-0.39, 0.29) is 17.7 Å². The van der Waals surface area contributed by atoms with E-state index in [1.807, 2.05) is 4.90 Å². The van der Waals surface area contributed by atoms with Gasteiger partial charge in [-0.05, 0) is 30.9 Å². The number of aromatic hydroxyl groups is 1. The average molecular weight is 263 g/mol. The van der Waals surface area contributed by atoms with Crippen molar-refractivity contribution in [3.05, 3.63) is 29.8 Å². The molecule has 1 aromatic carbocycles. The van der Waals surface area contributed by atoms with Crippen LogP contribution in [0.5, 0.6) is 5.75 Å². The molecule has 0 bridgehead atoms. The standard InChI is InChI=1S/C16H25NO2/c1-5-13(6-2)17(11-12(3)4)16(19)14-9-7-8-10-15(14)18/h7-10,12-13,18H,5-6,11H2,1-4H3. The lowest BCUT2D eigenvalue weighted by Crippen LogP contribution is -2.42. The monoisotopic (exact) mass is 263 g/mol. The molecule has 0 aliphatic heterocycles. The number of carbonyl (C=O) groups excluding carboxylic acids is 1.